The zero-order valence-corrected chi connectivity index (χ0v) is 10.3. The number of thioether (sulfide) groups is 1. The molecular weight excluding hydrogens is 267 g/mol. The van der Waals surface area contributed by atoms with E-state index in [0.717, 1.165) is 0 Å². The van der Waals surface area contributed by atoms with Crippen LogP contribution in [0.4, 0.5) is 13.2 Å². The normalized spacial score (nSPS) is 13.2. The number of esters is 1. The third kappa shape index (κ3) is 4.97. The quantitative estimate of drug-likeness (QED) is 0.680. The van der Waals surface area contributed by atoms with E-state index in [2.05, 4.69) is 4.74 Å². The largest absolute Gasteiger partial charge is 0.469 e. The summed E-state index contributed by atoms with van der Waals surface area (Å²) in [5.74, 6) is -0.462. The van der Waals surface area contributed by atoms with Gasteiger partial charge in [-0.05, 0) is 29.5 Å². The van der Waals surface area contributed by atoms with E-state index >= 15 is 0 Å². The fourth-order valence-electron chi connectivity index (χ4n) is 1.30. The molecule has 0 amide bonds. The summed E-state index contributed by atoms with van der Waals surface area (Å²) >= 11 is -0.193. The molecule has 0 aliphatic heterocycles. The Hall–Kier alpha value is -1.21. The van der Waals surface area contributed by atoms with E-state index in [-0.39, 0.29) is 23.1 Å². The first kappa shape index (κ1) is 14.8. The van der Waals surface area contributed by atoms with Gasteiger partial charge in [0, 0.05) is 10.9 Å². The second-order valence-electron chi connectivity index (χ2n) is 3.50. The first-order chi connectivity index (χ1) is 8.31. The smallest absolute Gasteiger partial charge is 0.446 e. The molecule has 0 fully saturated rings. The highest BCUT2D eigenvalue weighted by molar-refractivity contribution is 8.00. The first-order valence-electron chi connectivity index (χ1n) is 5.00. The third-order valence-electron chi connectivity index (χ3n) is 2.16. The molecule has 0 aromatic heterocycles. The van der Waals surface area contributed by atoms with E-state index in [9.17, 15) is 18.0 Å². The summed E-state index contributed by atoms with van der Waals surface area (Å²) < 4.78 is 40.7. The van der Waals surface area contributed by atoms with Gasteiger partial charge >= 0.3 is 11.5 Å². The van der Waals surface area contributed by atoms with Crippen molar-refractivity contribution in [3.63, 3.8) is 0 Å². The molecule has 0 spiro atoms. The molecule has 2 N–H and O–H groups in total. The van der Waals surface area contributed by atoms with Crippen LogP contribution in [0.5, 0.6) is 0 Å². The highest BCUT2D eigenvalue weighted by Crippen LogP contribution is 2.37. The van der Waals surface area contributed by atoms with Crippen LogP contribution in [0.25, 0.3) is 0 Å². The molecule has 0 bridgehead atoms. The van der Waals surface area contributed by atoms with Gasteiger partial charge in [-0.15, -0.1) is 0 Å². The lowest BCUT2D eigenvalue weighted by Crippen LogP contribution is -2.16. The second kappa shape index (κ2) is 6.10. The van der Waals surface area contributed by atoms with Crippen LogP contribution in [0.2, 0.25) is 0 Å². The second-order valence-corrected chi connectivity index (χ2v) is 4.64. The zero-order chi connectivity index (χ0) is 13.8. The Bertz CT molecular complexity index is 406. The molecule has 1 atom stereocenters. The van der Waals surface area contributed by atoms with Crippen LogP contribution in [-0.4, -0.2) is 18.6 Å². The maximum absolute atomic E-state index is 12.1. The zero-order valence-electron chi connectivity index (χ0n) is 9.53. The van der Waals surface area contributed by atoms with E-state index in [1.165, 1.54) is 31.4 Å². The standard InChI is InChI=1S/C11H12F3NO2S/c1-17-10(16)6-9(15)7-2-4-8(5-3-7)18-11(12,13)14/h2-5,9H,6,15H2,1H3. The van der Waals surface area contributed by atoms with Gasteiger partial charge in [0.25, 0.3) is 0 Å². The molecular formula is C11H12F3NO2S. The van der Waals surface area contributed by atoms with Crippen LogP contribution in [0.3, 0.4) is 0 Å². The molecule has 3 nitrogen and oxygen atoms in total. The molecule has 1 aromatic carbocycles. The van der Waals surface area contributed by atoms with Crippen molar-refractivity contribution in [3.8, 4) is 0 Å². The molecule has 0 heterocycles. The van der Waals surface area contributed by atoms with Crippen LogP contribution >= 0.6 is 11.8 Å². The number of halogens is 3. The van der Waals surface area contributed by atoms with Crippen LogP contribution in [0.1, 0.15) is 18.0 Å². The predicted molar refractivity (Wildman–Crippen MR) is 61.9 cm³/mol. The van der Waals surface area contributed by atoms with Crippen molar-refractivity contribution in [1.29, 1.82) is 0 Å². The minimum absolute atomic E-state index is 0.0116. The van der Waals surface area contributed by atoms with Gasteiger partial charge in [-0.25, -0.2) is 0 Å². The van der Waals surface area contributed by atoms with Crippen LogP contribution in [0.15, 0.2) is 29.2 Å². The monoisotopic (exact) mass is 279 g/mol. The molecule has 18 heavy (non-hydrogen) atoms. The summed E-state index contributed by atoms with van der Waals surface area (Å²) in [6, 6.07) is 5.01. The third-order valence-corrected chi connectivity index (χ3v) is 2.90. The summed E-state index contributed by atoms with van der Waals surface area (Å²) in [6.45, 7) is 0. The lowest BCUT2D eigenvalue weighted by Gasteiger charge is -2.11. The fourth-order valence-corrected chi connectivity index (χ4v) is 1.84. The van der Waals surface area contributed by atoms with Crippen LogP contribution in [0, 0.1) is 0 Å². The number of hydrogen-bond acceptors (Lipinski definition) is 4. The van der Waals surface area contributed by atoms with Gasteiger partial charge in [-0.1, -0.05) is 12.1 Å². The Morgan fingerprint density at radius 2 is 1.94 bits per heavy atom. The van der Waals surface area contributed by atoms with E-state index in [4.69, 9.17) is 5.73 Å². The number of rotatable bonds is 4. The fraction of sp³-hybridized carbons (Fsp3) is 0.364. The topological polar surface area (TPSA) is 52.3 Å². The molecule has 7 heteroatoms. The van der Waals surface area contributed by atoms with Crippen molar-refractivity contribution in [3.05, 3.63) is 29.8 Å². The number of nitrogens with two attached hydrogens (primary N) is 1. The lowest BCUT2D eigenvalue weighted by molar-refractivity contribution is -0.141. The van der Waals surface area contributed by atoms with Crippen molar-refractivity contribution < 1.29 is 22.7 Å². The molecule has 100 valence electrons. The predicted octanol–water partition coefficient (Wildman–Crippen LogP) is 2.86. The molecule has 0 aliphatic rings. The van der Waals surface area contributed by atoms with Crippen molar-refractivity contribution in [2.45, 2.75) is 22.9 Å². The molecule has 1 unspecified atom stereocenters. The Morgan fingerprint density at radius 1 is 1.39 bits per heavy atom. The highest BCUT2D eigenvalue weighted by atomic mass is 32.2. The van der Waals surface area contributed by atoms with E-state index in [0.29, 0.717) is 5.56 Å². The van der Waals surface area contributed by atoms with E-state index in [1.807, 2.05) is 0 Å². The number of methoxy groups -OCH3 is 1. The molecule has 0 radical (unpaired) electrons. The molecule has 1 aromatic rings. The summed E-state index contributed by atoms with van der Waals surface area (Å²) in [5, 5.41) is 0. The van der Waals surface area contributed by atoms with Crippen molar-refractivity contribution in [1.82, 2.24) is 0 Å². The maximum Gasteiger partial charge on any atom is 0.446 e. The van der Waals surface area contributed by atoms with E-state index in [1.54, 1.807) is 0 Å². The molecule has 0 aliphatic carbocycles. The van der Waals surface area contributed by atoms with E-state index < -0.39 is 17.5 Å². The minimum Gasteiger partial charge on any atom is -0.469 e. The first-order valence-corrected chi connectivity index (χ1v) is 5.81. The lowest BCUT2D eigenvalue weighted by atomic mass is 10.1. The summed E-state index contributed by atoms with van der Waals surface area (Å²) in [6.07, 6.45) is -0.0116. The van der Waals surface area contributed by atoms with Gasteiger partial charge in [0.2, 0.25) is 0 Å². The highest BCUT2D eigenvalue weighted by Gasteiger charge is 2.29. The maximum atomic E-state index is 12.1. The Kier molecular flexibility index (Phi) is 5.03. The van der Waals surface area contributed by atoms with Crippen LogP contribution < -0.4 is 5.73 Å². The average Bonchev–Trinajstić information content (AvgIpc) is 2.27. The number of alkyl halides is 3. The molecule has 0 saturated heterocycles. The van der Waals surface area contributed by atoms with Crippen molar-refractivity contribution in [2.24, 2.45) is 5.73 Å². The average molecular weight is 279 g/mol. The van der Waals surface area contributed by atoms with Gasteiger partial charge in [0.05, 0.1) is 13.5 Å². The van der Waals surface area contributed by atoms with Gasteiger partial charge in [-0.2, -0.15) is 13.2 Å². The summed E-state index contributed by atoms with van der Waals surface area (Å²) in [7, 11) is 1.25. The summed E-state index contributed by atoms with van der Waals surface area (Å²) in [4.78, 5) is 11.1. The molecule has 1 rings (SSSR count). The number of carbonyl (C=O) groups is 1. The Morgan fingerprint density at radius 3 is 2.39 bits per heavy atom. The van der Waals surface area contributed by atoms with Gasteiger partial charge in [0.1, 0.15) is 0 Å². The Labute approximate surface area is 106 Å². The van der Waals surface area contributed by atoms with Crippen molar-refractivity contribution in [2.75, 3.05) is 7.11 Å². The summed E-state index contributed by atoms with van der Waals surface area (Å²) in [5.41, 5.74) is 2.00. The van der Waals surface area contributed by atoms with Crippen molar-refractivity contribution >= 4 is 17.7 Å². The Balaban J connectivity index is 2.67. The van der Waals surface area contributed by atoms with Gasteiger partial charge in [-0.3, -0.25) is 4.79 Å². The number of carbonyl (C=O) groups excluding carboxylic acids is 1. The molecule has 0 saturated carbocycles. The van der Waals surface area contributed by atoms with Gasteiger partial charge in [0.15, 0.2) is 0 Å². The SMILES string of the molecule is COC(=O)CC(N)c1ccc(SC(F)(F)F)cc1. The number of benzene rings is 1. The van der Waals surface area contributed by atoms with Gasteiger partial charge < -0.3 is 10.5 Å². The van der Waals surface area contributed by atoms with Crippen LogP contribution in [-0.2, 0) is 9.53 Å². The number of ether oxygens (including phenoxy) is 1. The minimum atomic E-state index is -4.31. The number of hydrogen-bond donors (Lipinski definition) is 1.